The SMILES string of the molecule is C[C@H](NC1CCCNC1=O)C(N)=O. The highest BCUT2D eigenvalue weighted by Crippen LogP contribution is 2.03. The summed E-state index contributed by atoms with van der Waals surface area (Å²) in [6.45, 7) is 2.38. The summed E-state index contributed by atoms with van der Waals surface area (Å²) in [7, 11) is 0. The molecule has 5 heteroatoms. The van der Waals surface area contributed by atoms with Crippen molar-refractivity contribution in [3.63, 3.8) is 0 Å². The van der Waals surface area contributed by atoms with E-state index in [0.717, 1.165) is 19.4 Å². The van der Waals surface area contributed by atoms with Gasteiger partial charge in [-0.25, -0.2) is 0 Å². The summed E-state index contributed by atoms with van der Waals surface area (Å²) in [6.07, 6.45) is 1.71. The topological polar surface area (TPSA) is 84.2 Å². The lowest BCUT2D eigenvalue weighted by atomic mass is 10.1. The lowest BCUT2D eigenvalue weighted by Gasteiger charge is -2.24. The molecule has 0 aromatic heterocycles. The maximum atomic E-state index is 11.2. The van der Waals surface area contributed by atoms with Crippen LogP contribution in [0.3, 0.4) is 0 Å². The molecule has 0 aromatic carbocycles. The fourth-order valence-corrected chi connectivity index (χ4v) is 1.31. The molecule has 0 aliphatic carbocycles. The Hall–Kier alpha value is -1.10. The van der Waals surface area contributed by atoms with Gasteiger partial charge >= 0.3 is 0 Å². The molecule has 0 radical (unpaired) electrons. The molecule has 0 spiro atoms. The first-order valence-electron chi connectivity index (χ1n) is 4.44. The molecule has 1 aliphatic heterocycles. The van der Waals surface area contributed by atoms with Gasteiger partial charge in [0.05, 0.1) is 12.1 Å². The molecule has 4 N–H and O–H groups in total. The van der Waals surface area contributed by atoms with E-state index in [2.05, 4.69) is 10.6 Å². The highest BCUT2D eigenvalue weighted by molar-refractivity contribution is 5.84. The van der Waals surface area contributed by atoms with Crippen LogP contribution >= 0.6 is 0 Å². The number of carbonyl (C=O) groups excluding carboxylic acids is 2. The van der Waals surface area contributed by atoms with E-state index in [4.69, 9.17) is 5.73 Å². The fourth-order valence-electron chi connectivity index (χ4n) is 1.31. The highest BCUT2D eigenvalue weighted by atomic mass is 16.2. The predicted molar refractivity (Wildman–Crippen MR) is 47.8 cm³/mol. The molecule has 1 fully saturated rings. The monoisotopic (exact) mass is 185 g/mol. The number of amides is 2. The maximum absolute atomic E-state index is 11.2. The van der Waals surface area contributed by atoms with E-state index >= 15 is 0 Å². The number of hydrogen-bond donors (Lipinski definition) is 3. The third-order valence-electron chi connectivity index (χ3n) is 2.16. The molecule has 2 atom stereocenters. The average molecular weight is 185 g/mol. The quantitative estimate of drug-likeness (QED) is 0.512. The van der Waals surface area contributed by atoms with Crippen molar-refractivity contribution >= 4 is 11.8 Å². The first-order valence-corrected chi connectivity index (χ1v) is 4.44. The first-order chi connectivity index (χ1) is 6.11. The van der Waals surface area contributed by atoms with Crippen LogP contribution in [0.5, 0.6) is 0 Å². The summed E-state index contributed by atoms with van der Waals surface area (Å²) < 4.78 is 0. The van der Waals surface area contributed by atoms with E-state index < -0.39 is 11.9 Å². The minimum absolute atomic E-state index is 0.0423. The molecule has 0 bridgehead atoms. The van der Waals surface area contributed by atoms with Crippen LogP contribution in [0, 0.1) is 0 Å². The second-order valence-corrected chi connectivity index (χ2v) is 3.28. The summed E-state index contributed by atoms with van der Waals surface area (Å²) in [6, 6.07) is -0.718. The van der Waals surface area contributed by atoms with Gasteiger partial charge in [-0.1, -0.05) is 0 Å². The van der Waals surface area contributed by atoms with Gasteiger partial charge in [-0.3, -0.25) is 14.9 Å². The van der Waals surface area contributed by atoms with Crippen LogP contribution in [0.2, 0.25) is 0 Å². The van der Waals surface area contributed by atoms with Gasteiger partial charge in [-0.15, -0.1) is 0 Å². The second kappa shape index (κ2) is 4.23. The number of hydrogen-bond acceptors (Lipinski definition) is 3. The van der Waals surface area contributed by atoms with Gasteiger partial charge in [0.25, 0.3) is 0 Å². The molecule has 1 aliphatic rings. The van der Waals surface area contributed by atoms with E-state index in [-0.39, 0.29) is 11.9 Å². The van der Waals surface area contributed by atoms with Gasteiger partial charge in [0.1, 0.15) is 0 Å². The van der Waals surface area contributed by atoms with Crippen molar-refractivity contribution in [3.05, 3.63) is 0 Å². The van der Waals surface area contributed by atoms with Crippen LogP contribution in [0.1, 0.15) is 19.8 Å². The van der Waals surface area contributed by atoms with E-state index in [0.29, 0.717) is 0 Å². The molecule has 1 rings (SSSR count). The van der Waals surface area contributed by atoms with Crippen LogP contribution in [0.4, 0.5) is 0 Å². The van der Waals surface area contributed by atoms with Crippen molar-refractivity contribution in [2.75, 3.05) is 6.54 Å². The fraction of sp³-hybridized carbons (Fsp3) is 0.750. The standard InChI is InChI=1S/C8H15N3O2/c1-5(7(9)12)11-6-3-2-4-10-8(6)13/h5-6,11H,2-4H2,1H3,(H2,9,12)(H,10,13)/t5-,6?/m0/s1. The lowest BCUT2D eigenvalue weighted by Crippen LogP contribution is -2.53. The minimum atomic E-state index is -0.450. The van der Waals surface area contributed by atoms with E-state index in [9.17, 15) is 9.59 Å². The van der Waals surface area contributed by atoms with Crippen LogP contribution in [-0.2, 0) is 9.59 Å². The van der Waals surface area contributed by atoms with E-state index in [1.807, 2.05) is 0 Å². The van der Waals surface area contributed by atoms with Crippen molar-refractivity contribution in [1.82, 2.24) is 10.6 Å². The normalized spacial score (nSPS) is 25.0. The van der Waals surface area contributed by atoms with Crippen molar-refractivity contribution in [2.45, 2.75) is 31.8 Å². The van der Waals surface area contributed by atoms with Crippen molar-refractivity contribution < 1.29 is 9.59 Å². The smallest absolute Gasteiger partial charge is 0.237 e. The van der Waals surface area contributed by atoms with Crippen LogP contribution in [0.25, 0.3) is 0 Å². The van der Waals surface area contributed by atoms with Gasteiger partial charge in [-0.05, 0) is 19.8 Å². The number of nitrogens with one attached hydrogen (secondary N) is 2. The van der Waals surface area contributed by atoms with Crippen LogP contribution in [0.15, 0.2) is 0 Å². The Bertz CT molecular complexity index is 217. The molecular formula is C8H15N3O2. The Morgan fingerprint density at radius 3 is 3.00 bits per heavy atom. The van der Waals surface area contributed by atoms with Crippen molar-refractivity contribution in [3.8, 4) is 0 Å². The predicted octanol–water partition coefficient (Wildman–Crippen LogP) is -1.27. The number of primary amides is 1. The van der Waals surface area contributed by atoms with Gasteiger partial charge in [0.2, 0.25) is 11.8 Å². The minimum Gasteiger partial charge on any atom is -0.368 e. The summed E-state index contributed by atoms with van der Waals surface area (Å²) in [5, 5.41) is 5.60. The molecular weight excluding hydrogens is 170 g/mol. The third-order valence-corrected chi connectivity index (χ3v) is 2.16. The zero-order chi connectivity index (χ0) is 9.84. The van der Waals surface area contributed by atoms with Crippen molar-refractivity contribution in [2.24, 2.45) is 5.73 Å². The van der Waals surface area contributed by atoms with Gasteiger partial charge in [-0.2, -0.15) is 0 Å². The van der Waals surface area contributed by atoms with Crippen LogP contribution in [-0.4, -0.2) is 30.4 Å². The summed E-state index contributed by atoms with van der Waals surface area (Å²) in [5.41, 5.74) is 5.07. The lowest BCUT2D eigenvalue weighted by molar-refractivity contribution is -0.125. The molecule has 5 nitrogen and oxygen atoms in total. The largest absolute Gasteiger partial charge is 0.368 e. The van der Waals surface area contributed by atoms with Gasteiger partial charge in [0, 0.05) is 6.54 Å². The molecule has 13 heavy (non-hydrogen) atoms. The zero-order valence-corrected chi connectivity index (χ0v) is 7.67. The zero-order valence-electron chi connectivity index (χ0n) is 7.67. The Morgan fingerprint density at radius 2 is 2.46 bits per heavy atom. The molecule has 2 amide bonds. The first kappa shape index (κ1) is 9.98. The Morgan fingerprint density at radius 1 is 1.77 bits per heavy atom. The number of carbonyl (C=O) groups is 2. The molecule has 1 unspecified atom stereocenters. The van der Waals surface area contributed by atoms with Crippen LogP contribution < -0.4 is 16.4 Å². The summed E-state index contributed by atoms with van der Waals surface area (Å²) >= 11 is 0. The Labute approximate surface area is 77.1 Å². The molecule has 0 saturated carbocycles. The number of piperidine rings is 1. The number of rotatable bonds is 3. The molecule has 74 valence electrons. The highest BCUT2D eigenvalue weighted by Gasteiger charge is 2.24. The van der Waals surface area contributed by atoms with E-state index in [1.165, 1.54) is 0 Å². The Kier molecular flexibility index (Phi) is 3.25. The molecule has 1 saturated heterocycles. The van der Waals surface area contributed by atoms with E-state index in [1.54, 1.807) is 6.92 Å². The van der Waals surface area contributed by atoms with Crippen molar-refractivity contribution in [1.29, 1.82) is 0 Å². The Balaban J connectivity index is 2.42. The second-order valence-electron chi connectivity index (χ2n) is 3.28. The van der Waals surface area contributed by atoms with Gasteiger partial charge in [0.15, 0.2) is 0 Å². The van der Waals surface area contributed by atoms with Gasteiger partial charge < -0.3 is 11.1 Å². The summed E-state index contributed by atoms with van der Waals surface area (Å²) in [4.78, 5) is 21.9. The average Bonchev–Trinajstić information content (AvgIpc) is 2.08. The molecule has 1 heterocycles. The third kappa shape index (κ3) is 2.69. The maximum Gasteiger partial charge on any atom is 0.237 e. The summed E-state index contributed by atoms with van der Waals surface area (Å²) in [5.74, 6) is -0.474. The molecule has 0 aromatic rings. The number of nitrogens with two attached hydrogens (primary N) is 1.